The van der Waals surface area contributed by atoms with E-state index in [4.69, 9.17) is 5.14 Å². The average Bonchev–Trinajstić information content (AvgIpc) is 2.62. The molecule has 5 nitrogen and oxygen atoms in total. The van der Waals surface area contributed by atoms with Crippen LogP contribution >= 0.6 is 0 Å². The van der Waals surface area contributed by atoms with Gasteiger partial charge in [0.2, 0.25) is 10.0 Å². The fourth-order valence-corrected chi connectivity index (χ4v) is 3.27. The number of hydrogen-bond acceptors (Lipinski definition) is 3. The van der Waals surface area contributed by atoms with E-state index in [-0.39, 0.29) is 4.90 Å². The zero-order valence-electron chi connectivity index (χ0n) is 13.8. The van der Waals surface area contributed by atoms with Gasteiger partial charge >= 0.3 is 5.97 Å². The summed E-state index contributed by atoms with van der Waals surface area (Å²) in [6.45, 7) is 0. The summed E-state index contributed by atoms with van der Waals surface area (Å²) in [7, 11) is -3.70. The van der Waals surface area contributed by atoms with Crippen molar-refractivity contribution in [2.75, 3.05) is 0 Å². The van der Waals surface area contributed by atoms with Crippen LogP contribution in [0.25, 0.3) is 11.1 Å². The van der Waals surface area contributed by atoms with Gasteiger partial charge in [-0.05, 0) is 46.9 Å². The fraction of sp³-hybridized carbons (Fsp3) is 0.0500. The number of carbonyl (C=O) groups is 1. The quantitative estimate of drug-likeness (QED) is 0.723. The largest absolute Gasteiger partial charge is 0.478 e. The van der Waals surface area contributed by atoms with E-state index in [1.54, 1.807) is 24.3 Å². The molecule has 3 N–H and O–H groups in total. The molecule has 0 aliphatic heterocycles. The van der Waals surface area contributed by atoms with E-state index < -0.39 is 16.0 Å². The molecule has 0 saturated carbocycles. The minimum Gasteiger partial charge on any atom is -0.478 e. The molecule has 0 radical (unpaired) electrons. The summed E-state index contributed by atoms with van der Waals surface area (Å²) >= 11 is 0. The van der Waals surface area contributed by atoms with Gasteiger partial charge in [0.15, 0.2) is 0 Å². The first kappa shape index (κ1) is 17.8. The Bertz CT molecular complexity index is 1040. The molecule has 0 aliphatic rings. The third-order valence-corrected chi connectivity index (χ3v) is 5.04. The highest BCUT2D eigenvalue weighted by Crippen LogP contribution is 2.23. The lowest BCUT2D eigenvalue weighted by Crippen LogP contribution is -2.11. The van der Waals surface area contributed by atoms with Crippen molar-refractivity contribution < 1.29 is 18.3 Å². The standard InChI is InChI=1S/C20H17NO4S/c21-26(24,25)18-11-9-16(10-12-18)15-7-5-14(6-8-15)13-17-3-1-2-4-19(17)20(22)23/h1-12H,13H2,(H,22,23)(H2,21,24,25). The van der Waals surface area contributed by atoms with Crippen LogP contribution in [0.4, 0.5) is 0 Å². The summed E-state index contributed by atoms with van der Waals surface area (Å²) in [6, 6.07) is 21.0. The highest BCUT2D eigenvalue weighted by Gasteiger charge is 2.10. The number of hydrogen-bond donors (Lipinski definition) is 2. The third-order valence-electron chi connectivity index (χ3n) is 4.11. The first-order chi connectivity index (χ1) is 12.3. The van der Waals surface area contributed by atoms with E-state index in [2.05, 4.69) is 0 Å². The van der Waals surface area contributed by atoms with E-state index in [0.717, 1.165) is 22.3 Å². The van der Waals surface area contributed by atoms with Gasteiger partial charge in [0.1, 0.15) is 0 Å². The molecule has 3 aromatic carbocycles. The van der Waals surface area contributed by atoms with Gasteiger partial charge in [0.25, 0.3) is 0 Å². The van der Waals surface area contributed by atoms with Crippen molar-refractivity contribution in [1.29, 1.82) is 0 Å². The molecule has 0 unspecified atom stereocenters. The molecule has 0 amide bonds. The number of sulfonamides is 1. The number of carboxylic acid groups (broad SMARTS) is 1. The van der Waals surface area contributed by atoms with Gasteiger partial charge in [-0.25, -0.2) is 18.4 Å². The van der Waals surface area contributed by atoms with Gasteiger partial charge in [0, 0.05) is 0 Å². The summed E-state index contributed by atoms with van der Waals surface area (Å²) < 4.78 is 22.6. The van der Waals surface area contributed by atoms with E-state index >= 15 is 0 Å². The highest BCUT2D eigenvalue weighted by molar-refractivity contribution is 7.89. The zero-order chi connectivity index (χ0) is 18.7. The van der Waals surface area contributed by atoms with Crippen LogP contribution in [0, 0.1) is 0 Å². The average molecular weight is 367 g/mol. The van der Waals surface area contributed by atoms with Crippen LogP contribution in [0.1, 0.15) is 21.5 Å². The maximum atomic E-state index is 11.3. The van der Waals surface area contributed by atoms with Crippen molar-refractivity contribution in [3.05, 3.63) is 89.5 Å². The SMILES string of the molecule is NS(=O)(=O)c1ccc(-c2ccc(Cc3ccccc3C(=O)O)cc2)cc1. The molecular formula is C20H17NO4S. The Kier molecular flexibility index (Phi) is 4.88. The fourth-order valence-electron chi connectivity index (χ4n) is 2.76. The topological polar surface area (TPSA) is 97.5 Å². The van der Waals surface area contributed by atoms with Crippen LogP contribution in [0.2, 0.25) is 0 Å². The first-order valence-electron chi connectivity index (χ1n) is 7.88. The highest BCUT2D eigenvalue weighted by atomic mass is 32.2. The van der Waals surface area contributed by atoms with Gasteiger partial charge in [-0.1, -0.05) is 54.6 Å². The Morgan fingerprint density at radius 3 is 1.92 bits per heavy atom. The van der Waals surface area contributed by atoms with Gasteiger partial charge < -0.3 is 5.11 Å². The zero-order valence-corrected chi connectivity index (χ0v) is 14.6. The van der Waals surface area contributed by atoms with Crippen LogP contribution in [0.5, 0.6) is 0 Å². The van der Waals surface area contributed by atoms with Gasteiger partial charge in [0.05, 0.1) is 10.5 Å². The number of benzene rings is 3. The monoisotopic (exact) mass is 367 g/mol. The molecule has 0 bridgehead atoms. The number of carboxylic acids is 1. The second-order valence-electron chi connectivity index (χ2n) is 5.91. The minimum absolute atomic E-state index is 0.0724. The normalized spacial score (nSPS) is 11.3. The third kappa shape index (κ3) is 3.99. The van der Waals surface area contributed by atoms with Gasteiger partial charge in [-0.2, -0.15) is 0 Å². The molecule has 3 aromatic rings. The molecule has 0 aliphatic carbocycles. The summed E-state index contributed by atoms with van der Waals surface area (Å²) in [5.74, 6) is -0.938. The van der Waals surface area contributed by atoms with Gasteiger partial charge in [-0.15, -0.1) is 0 Å². The molecular weight excluding hydrogens is 350 g/mol. The molecule has 0 saturated heterocycles. The van der Waals surface area contributed by atoms with E-state index in [9.17, 15) is 18.3 Å². The van der Waals surface area contributed by atoms with Gasteiger partial charge in [-0.3, -0.25) is 0 Å². The summed E-state index contributed by atoms with van der Waals surface area (Å²) in [6.07, 6.45) is 0.521. The van der Waals surface area contributed by atoms with Crippen molar-refractivity contribution in [3.8, 4) is 11.1 Å². The molecule has 0 aromatic heterocycles. The Morgan fingerprint density at radius 2 is 1.38 bits per heavy atom. The number of nitrogens with two attached hydrogens (primary N) is 1. The minimum atomic E-state index is -3.70. The predicted molar refractivity (Wildman–Crippen MR) is 99.5 cm³/mol. The second kappa shape index (κ2) is 7.11. The van der Waals surface area contributed by atoms with E-state index in [0.29, 0.717) is 12.0 Å². The molecule has 132 valence electrons. The molecule has 0 atom stereocenters. The molecule has 26 heavy (non-hydrogen) atoms. The summed E-state index contributed by atoms with van der Waals surface area (Å²) in [5, 5.41) is 14.4. The molecule has 0 spiro atoms. The Morgan fingerprint density at radius 1 is 0.846 bits per heavy atom. The van der Waals surface area contributed by atoms with E-state index in [1.165, 1.54) is 12.1 Å². The molecule has 0 heterocycles. The smallest absolute Gasteiger partial charge is 0.335 e. The van der Waals surface area contributed by atoms with Crippen LogP contribution in [-0.4, -0.2) is 19.5 Å². The summed E-state index contributed by atoms with van der Waals surface area (Å²) in [5.41, 5.74) is 3.85. The molecule has 3 rings (SSSR count). The molecule has 0 fully saturated rings. The van der Waals surface area contributed by atoms with Crippen molar-refractivity contribution in [1.82, 2.24) is 0 Å². The number of rotatable bonds is 5. The predicted octanol–water partition coefficient (Wildman–Crippen LogP) is 3.29. The maximum Gasteiger partial charge on any atom is 0.335 e. The van der Waals surface area contributed by atoms with Crippen molar-refractivity contribution in [2.24, 2.45) is 5.14 Å². The molecule has 6 heteroatoms. The van der Waals surface area contributed by atoms with E-state index in [1.807, 2.05) is 36.4 Å². The second-order valence-corrected chi connectivity index (χ2v) is 7.47. The Balaban J connectivity index is 1.82. The first-order valence-corrected chi connectivity index (χ1v) is 9.42. The lowest BCUT2D eigenvalue weighted by Gasteiger charge is -2.08. The lowest BCUT2D eigenvalue weighted by atomic mass is 9.97. The maximum absolute atomic E-state index is 11.3. The van der Waals surface area contributed by atoms with Crippen molar-refractivity contribution in [3.63, 3.8) is 0 Å². The van der Waals surface area contributed by atoms with Crippen molar-refractivity contribution in [2.45, 2.75) is 11.3 Å². The van der Waals surface area contributed by atoms with Crippen LogP contribution in [0.3, 0.4) is 0 Å². The summed E-state index contributed by atoms with van der Waals surface area (Å²) in [4.78, 5) is 11.4. The van der Waals surface area contributed by atoms with Crippen LogP contribution in [0.15, 0.2) is 77.7 Å². The lowest BCUT2D eigenvalue weighted by molar-refractivity contribution is 0.0696. The van der Waals surface area contributed by atoms with Crippen LogP contribution in [-0.2, 0) is 16.4 Å². The number of aromatic carboxylic acids is 1. The van der Waals surface area contributed by atoms with Crippen LogP contribution < -0.4 is 5.14 Å². The Labute approximate surface area is 151 Å². The Hall–Kier alpha value is -2.96. The van der Waals surface area contributed by atoms with Crippen molar-refractivity contribution >= 4 is 16.0 Å². The number of primary sulfonamides is 1.